The lowest BCUT2D eigenvalue weighted by molar-refractivity contribution is -0.114. The molecular formula is C15H18N6O. The van der Waals surface area contributed by atoms with E-state index in [4.69, 9.17) is 11.5 Å². The maximum Gasteiger partial charge on any atom is 0.253 e. The zero-order valence-electron chi connectivity index (χ0n) is 12.2. The van der Waals surface area contributed by atoms with E-state index in [0.29, 0.717) is 5.69 Å². The normalized spacial score (nSPS) is 18.0. The Kier molecular flexibility index (Phi) is 4.92. The van der Waals surface area contributed by atoms with Crippen molar-refractivity contribution in [2.75, 3.05) is 7.05 Å². The number of amidine groups is 1. The predicted molar refractivity (Wildman–Crippen MR) is 87.6 cm³/mol. The monoisotopic (exact) mass is 298 g/mol. The summed E-state index contributed by atoms with van der Waals surface area (Å²) in [6.45, 7) is 0. The Balaban J connectivity index is 2.27. The molecule has 2 rings (SSSR count). The van der Waals surface area contributed by atoms with Gasteiger partial charge in [0.2, 0.25) is 0 Å². The Hall–Kier alpha value is -3.09. The molecule has 0 saturated heterocycles. The number of nitrogens with two attached hydrogens (primary N) is 2. The molecule has 7 nitrogen and oxygen atoms in total. The van der Waals surface area contributed by atoms with Gasteiger partial charge < -0.3 is 22.1 Å². The molecule has 0 bridgehead atoms. The summed E-state index contributed by atoms with van der Waals surface area (Å²) in [5.41, 5.74) is 12.8. The maximum atomic E-state index is 11.4. The topological polar surface area (TPSA) is 118 Å². The Morgan fingerprint density at radius 1 is 1.45 bits per heavy atom. The second-order valence-corrected chi connectivity index (χ2v) is 4.53. The molecule has 0 radical (unpaired) electrons. The fraction of sp³-hybridized carbons (Fsp3) is 0.133. The highest BCUT2D eigenvalue weighted by atomic mass is 16.1. The fourth-order valence-electron chi connectivity index (χ4n) is 1.93. The Morgan fingerprint density at radius 2 is 2.27 bits per heavy atom. The minimum Gasteiger partial charge on any atom is -0.393 e. The first-order chi connectivity index (χ1) is 10.6. The molecule has 114 valence electrons. The molecule has 1 atom stereocenters. The Bertz CT molecular complexity index is 674. The molecule has 1 heterocycles. The first-order valence-corrected chi connectivity index (χ1v) is 6.68. The van der Waals surface area contributed by atoms with Gasteiger partial charge in [-0.3, -0.25) is 9.79 Å². The molecule has 1 aliphatic rings. The van der Waals surface area contributed by atoms with Gasteiger partial charge in [-0.05, 0) is 30.0 Å². The smallest absolute Gasteiger partial charge is 0.253 e. The molecular weight excluding hydrogens is 280 g/mol. The second-order valence-electron chi connectivity index (χ2n) is 4.53. The van der Waals surface area contributed by atoms with Gasteiger partial charge in [-0.15, -0.1) is 0 Å². The number of allylic oxidation sites excluding steroid dienone is 1. The second kappa shape index (κ2) is 7.07. The van der Waals surface area contributed by atoms with Crippen LogP contribution in [0.4, 0.5) is 5.69 Å². The molecule has 0 spiro atoms. The molecule has 1 aliphatic heterocycles. The molecule has 0 aliphatic carbocycles. The number of nitrogens with zero attached hydrogens (tertiary/aromatic N) is 2. The van der Waals surface area contributed by atoms with Gasteiger partial charge in [-0.2, -0.15) is 0 Å². The summed E-state index contributed by atoms with van der Waals surface area (Å²) >= 11 is 0. The standard InChI is InChI=1S/C15H18N6O/c1-18-9-12(14(17)22)13(16)21-11-5-2-4-10(8-11)15-19-6-3-7-20-15/h2-9,15,18-19H,1H3,(H2,16,21)(H2,17,22)/b12-9+. The number of benzene rings is 1. The zero-order valence-corrected chi connectivity index (χ0v) is 12.2. The first-order valence-electron chi connectivity index (χ1n) is 6.68. The number of carbonyl (C=O) groups excluding carboxylic acids is 1. The van der Waals surface area contributed by atoms with Crippen LogP contribution in [0.1, 0.15) is 11.7 Å². The van der Waals surface area contributed by atoms with E-state index in [-0.39, 0.29) is 17.6 Å². The average Bonchev–Trinajstić information content (AvgIpc) is 2.53. The molecule has 6 N–H and O–H groups in total. The van der Waals surface area contributed by atoms with E-state index in [2.05, 4.69) is 20.6 Å². The molecule has 1 unspecified atom stereocenters. The minimum atomic E-state index is -0.643. The molecule has 7 heteroatoms. The quantitative estimate of drug-likeness (QED) is 0.358. The number of rotatable bonds is 5. The number of nitrogens with one attached hydrogen (secondary N) is 2. The van der Waals surface area contributed by atoms with Gasteiger partial charge >= 0.3 is 0 Å². The highest BCUT2D eigenvalue weighted by molar-refractivity contribution is 6.20. The summed E-state index contributed by atoms with van der Waals surface area (Å²) in [4.78, 5) is 19.9. The summed E-state index contributed by atoms with van der Waals surface area (Å²) in [5.74, 6) is -0.588. The van der Waals surface area contributed by atoms with Crippen molar-refractivity contribution >= 4 is 23.6 Å². The fourth-order valence-corrected chi connectivity index (χ4v) is 1.93. The lowest BCUT2D eigenvalue weighted by Crippen LogP contribution is -2.27. The number of primary amides is 1. The number of carbonyl (C=O) groups is 1. The number of hydrogen-bond donors (Lipinski definition) is 4. The van der Waals surface area contributed by atoms with Gasteiger partial charge in [0, 0.05) is 19.5 Å². The molecule has 22 heavy (non-hydrogen) atoms. The summed E-state index contributed by atoms with van der Waals surface area (Å²) in [7, 11) is 1.65. The van der Waals surface area contributed by atoms with E-state index >= 15 is 0 Å². The van der Waals surface area contributed by atoms with Crippen molar-refractivity contribution in [1.29, 1.82) is 0 Å². The van der Waals surface area contributed by atoms with Crippen LogP contribution < -0.4 is 22.1 Å². The molecule has 0 aromatic heterocycles. The van der Waals surface area contributed by atoms with Crippen LogP contribution in [0.25, 0.3) is 0 Å². The van der Waals surface area contributed by atoms with Crippen LogP contribution in [0, 0.1) is 0 Å². The molecule has 1 aromatic carbocycles. The van der Waals surface area contributed by atoms with Crippen LogP contribution in [0.15, 0.2) is 58.3 Å². The van der Waals surface area contributed by atoms with E-state index in [1.165, 1.54) is 6.20 Å². The van der Waals surface area contributed by atoms with Gasteiger partial charge in [-0.1, -0.05) is 12.1 Å². The van der Waals surface area contributed by atoms with E-state index in [0.717, 1.165) is 5.56 Å². The van der Waals surface area contributed by atoms with Crippen LogP contribution in [0.3, 0.4) is 0 Å². The summed E-state index contributed by atoms with van der Waals surface area (Å²) in [5, 5.41) is 5.84. The van der Waals surface area contributed by atoms with E-state index in [1.54, 1.807) is 19.3 Å². The Labute approximate surface area is 128 Å². The first kappa shape index (κ1) is 15.3. The van der Waals surface area contributed by atoms with Crippen molar-refractivity contribution < 1.29 is 4.79 Å². The average molecular weight is 298 g/mol. The van der Waals surface area contributed by atoms with Crippen LogP contribution in [-0.2, 0) is 4.79 Å². The molecule has 0 fully saturated rings. The zero-order chi connectivity index (χ0) is 15.9. The van der Waals surface area contributed by atoms with Crippen molar-refractivity contribution in [1.82, 2.24) is 10.6 Å². The molecule has 0 saturated carbocycles. The van der Waals surface area contributed by atoms with Crippen molar-refractivity contribution in [3.63, 3.8) is 0 Å². The van der Waals surface area contributed by atoms with Crippen molar-refractivity contribution in [2.24, 2.45) is 21.5 Å². The molecule has 1 amide bonds. The van der Waals surface area contributed by atoms with Crippen molar-refractivity contribution in [2.45, 2.75) is 6.17 Å². The highest BCUT2D eigenvalue weighted by Gasteiger charge is 2.11. The molecule has 1 aromatic rings. The number of amides is 1. The van der Waals surface area contributed by atoms with Gasteiger partial charge in [0.25, 0.3) is 5.91 Å². The van der Waals surface area contributed by atoms with Crippen LogP contribution in [-0.4, -0.2) is 25.0 Å². The third-order valence-electron chi connectivity index (χ3n) is 2.94. The number of aliphatic imine (C=N–C) groups is 2. The van der Waals surface area contributed by atoms with Crippen LogP contribution >= 0.6 is 0 Å². The maximum absolute atomic E-state index is 11.4. The SMILES string of the molecule is CN/C=C(/C(N)=O)C(N)=Nc1cccc(C2N=CC=CN2)c1. The minimum absolute atomic E-state index is 0.0546. The van der Waals surface area contributed by atoms with Crippen LogP contribution in [0.5, 0.6) is 0 Å². The summed E-state index contributed by atoms with van der Waals surface area (Å²) < 4.78 is 0. The van der Waals surface area contributed by atoms with Crippen molar-refractivity contribution in [3.8, 4) is 0 Å². The van der Waals surface area contributed by atoms with Crippen LogP contribution in [0.2, 0.25) is 0 Å². The van der Waals surface area contributed by atoms with E-state index in [1.807, 2.05) is 30.5 Å². The van der Waals surface area contributed by atoms with Gasteiger partial charge in [0.05, 0.1) is 11.3 Å². The third kappa shape index (κ3) is 3.72. The lowest BCUT2D eigenvalue weighted by Gasteiger charge is -2.15. The predicted octanol–water partition coefficient (Wildman–Crippen LogP) is 0.450. The largest absolute Gasteiger partial charge is 0.393 e. The summed E-state index contributed by atoms with van der Waals surface area (Å²) in [6.07, 6.45) is 6.63. The lowest BCUT2D eigenvalue weighted by atomic mass is 10.1. The highest BCUT2D eigenvalue weighted by Crippen LogP contribution is 2.21. The van der Waals surface area contributed by atoms with Crippen molar-refractivity contribution in [3.05, 3.63) is 53.9 Å². The van der Waals surface area contributed by atoms with Gasteiger partial charge in [0.1, 0.15) is 12.0 Å². The van der Waals surface area contributed by atoms with E-state index in [9.17, 15) is 4.79 Å². The number of hydrogen-bond acceptors (Lipinski definition) is 5. The van der Waals surface area contributed by atoms with E-state index < -0.39 is 5.91 Å². The summed E-state index contributed by atoms with van der Waals surface area (Å²) in [6, 6.07) is 7.42. The van der Waals surface area contributed by atoms with Gasteiger partial charge in [0.15, 0.2) is 0 Å². The third-order valence-corrected chi connectivity index (χ3v) is 2.94. The van der Waals surface area contributed by atoms with Gasteiger partial charge in [-0.25, -0.2) is 4.99 Å². The Morgan fingerprint density at radius 3 is 2.91 bits per heavy atom.